The van der Waals surface area contributed by atoms with Crippen molar-refractivity contribution in [3.05, 3.63) is 46.7 Å². The van der Waals surface area contributed by atoms with Crippen LogP contribution in [0.3, 0.4) is 0 Å². The van der Waals surface area contributed by atoms with Crippen LogP contribution >= 0.6 is 28.3 Å². The lowest BCUT2D eigenvalue weighted by atomic mass is 10.1. The van der Waals surface area contributed by atoms with Crippen LogP contribution in [0.15, 0.2) is 41.1 Å². The van der Waals surface area contributed by atoms with Crippen LogP contribution in [-0.4, -0.2) is 34.8 Å². The average molecular weight is 386 g/mol. The molecule has 1 aliphatic heterocycles. The lowest BCUT2D eigenvalue weighted by molar-refractivity contribution is 0.0930. The van der Waals surface area contributed by atoms with Crippen molar-refractivity contribution in [3.8, 4) is 5.69 Å². The van der Waals surface area contributed by atoms with Gasteiger partial charge in [-0.05, 0) is 43.7 Å². The Labute approximate surface area is 144 Å². The van der Waals surface area contributed by atoms with Crippen LogP contribution in [0.4, 0.5) is 0 Å². The molecule has 1 amide bonds. The second-order valence-corrected chi connectivity index (χ2v) is 6.08. The number of nitrogens with one attached hydrogen (secondary N) is 2. The summed E-state index contributed by atoms with van der Waals surface area (Å²) in [5, 5.41) is 10.6. The van der Waals surface area contributed by atoms with Gasteiger partial charge in [0, 0.05) is 23.3 Å². The molecule has 7 heteroatoms. The van der Waals surface area contributed by atoms with Crippen molar-refractivity contribution in [1.82, 2.24) is 20.4 Å². The number of halogens is 2. The molecule has 1 fully saturated rings. The zero-order valence-electron chi connectivity index (χ0n) is 12.0. The molecule has 5 nitrogen and oxygen atoms in total. The summed E-state index contributed by atoms with van der Waals surface area (Å²) in [6.45, 7) is 1.88. The van der Waals surface area contributed by atoms with E-state index in [0.717, 1.165) is 36.1 Å². The summed E-state index contributed by atoms with van der Waals surface area (Å²) < 4.78 is 2.72. The van der Waals surface area contributed by atoms with Crippen LogP contribution in [0.25, 0.3) is 5.69 Å². The molecule has 1 atom stereocenters. The zero-order valence-corrected chi connectivity index (χ0v) is 14.4. The van der Waals surface area contributed by atoms with Crippen LogP contribution in [0.5, 0.6) is 0 Å². The lowest BCUT2D eigenvalue weighted by Crippen LogP contribution is -2.45. The van der Waals surface area contributed by atoms with Gasteiger partial charge in [-0.3, -0.25) is 4.79 Å². The highest BCUT2D eigenvalue weighted by Gasteiger charge is 2.17. The largest absolute Gasteiger partial charge is 0.348 e. The summed E-state index contributed by atoms with van der Waals surface area (Å²) in [7, 11) is 0. The predicted molar refractivity (Wildman–Crippen MR) is 91.9 cm³/mol. The summed E-state index contributed by atoms with van der Waals surface area (Å²) in [6.07, 6.45) is 5.49. The van der Waals surface area contributed by atoms with Crippen molar-refractivity contribution >= 4 is 34.2 Å². The Kier molecular flexibility index (Phi) is 5.99. The summed E-state index contributed by atoms with van der Waals surface area (Å²) >= 11 is 3.40. The first kappa shape index (κ1) is 17.0. The van der Waals surface area contributed by atoms with E-state index in [1.807, 2.05) is 24.3 Å². The molecule has 2 aromatic rings. The van der Waals surface area contributed by atoms with Crippen molar-refractivity contribution in [1.29, 1.82) is 0 Å². The van der Waals surface area contributed by atoms with Gasteiger partial charge in [-0.25, -0.2) is 4.68 Å². The Balaban J connectivity index is 0.00000176. The molecule has 2 N–H and O–H groups in total. The van der Waals surface area contributed by atoms with Crippen molar-refractivity contribution in [2.75, 3.05) is 13.1 Å². The average Bonchev–Trinajstić information content (AvgIpc) is 2.99. The fourth-order valence-electron chi connectivity index (χ4n) is 2.42. The summed E-state index contributed by atoms with van der Waals surface area (Å²) in [4.78, 5) is 12.2. The third-order valence-corrected chi connectivity index (χ3v) is 4.10. The van der Waals surface area contributed by atoms with Crippen LogP contribution in [-0.2, 0) is 0 Å². The first-order chi connectivity index (χ1) is 10.2. The number of nitrogens with zero attached hydrogens (tertiary/aromatic N) is 2. The van der Waals surface area contributed by atoms with E-state index in [4.69, 9.17) is 0 Å². The van der Waals surface area contributed by atoms with Crippen LogP contribution < -0.4 is 10.6 Å². The van der Waals surface area contributed by atoms with E-state index in [1.54, 1.807) is 17.1 Å². The van der Waals surface area contributed by atoms with Crippen LogP contribution in [0.1, 0.15) is 23.2 Å². The molecule has 118 valence electrons. The molecular weight excluding hydrogens is 368 g/mol. The first-order valence-electron chi connectivity index (χ1n) is 7.04. The number of carbonyl (C=O) groups is 1. The van der Waals surface area contributed by atoms with E-state index in [1.165, 1.54) is 0 Å². The molecule has 0 bridgehead atoms. The number of amides is 1. The van der Waals surface area contributed by atoms with Crippen molar-refractivity contribution in [2.45, 2.75) is 18.9 Å². The number of benzene rings is 1. The molecule has 0 spiro atoms. The van der Waals surface area contributed by atoms with Gasteiger partial charge in [-0.1, -0.05) is 15.9 Å². The highest BCUT2D eigenvalue weighted by Crippen LogP contribution is 2.14. The van der Waals surface area contributed by atoms with E-state index >= 15 is 0 Å². The number of hydrogen-bond acceptors (Lipinski definition) is 3. The van der Waals surface area contributed by atoms with Crippen LogP contribution in [0, 0.1) is 0 Å². The van der Waals surface area contributed by atoms with Crippen molar-refractivity contribution in [2.24, 2.45) is 0 Å². The fraction of sp³-hybridized carbons (Fsp3) is 0.333. The molecule has 3 rings (SSSR count). The highest BCUT2D eigenvalue weighted by atomic mass is 79.9. The minimum absolute atomic E-state index is 0. The topological polar surface area (TPSA) is 59.0 Å². The maximum Gasteiger partial charge on any atom is 0.254 e. The standard InChI is InChI=1S/C15H17BrN4O.ClH/c16-12-3-5-14(6-4-12)20-10-11(8-18-20)15(21)19-13-2-1-7-17-9-13;/h3-6,8,10,13,17H,1-2,7,9H2,(H,19,21);1H/t13-;/m0./s1. The van der Waals surface area contributed by atoms with E-state index < -0.39 is 0 Å². The van der Waals surface area contributed by atoms with Gasteiger partial charge in [0.05, 0.1) is 17.4 Å². The van der Waals surface area contributed by atoms with E-state index in [-0.39, 0.29) is 24.4 Å². The maximum absolute atomic E-state index is 12.2. The molecule has 0 saturated carbocycles. The lowest BCUT2D eigenvalue weighted by Gasteiger charge is -2.23. The van der Waals surface area contributed by atoms with Gasteiger partial charge in [0.15, 0.2) is 0 Å². The molecule has 1 aromatic carbocycles. The quantitative estimate of drug-likeness (QED) is 0.853. The zero-order chi connectivity index (χ0) is 14.7. The Morgan fingerprint density at radius 2 is 2.14 bits per heavy atom. The Bertz CT molecular complexity index is 623. The second kappa shape index (κ2) is 7.76. The van der Waals surface area contributed by atoms with E-state index in [0.29, 0.717) is 5.56 Å². The molecular formula is C15H18BrClN4O. The monoisotopic (exact) mass is 384 g/mol. The smallest absolute Gasteiger partial charge is 0.254 e. The van der Waals surface area contributed by atoms with Crippen LogP contribution in [0.2, 0.25) is 0 Å². The van der Waals surface area contributed by atoms with Gasteiger partial charge in [0.25, 0.3) is 5.91 Å². The molecule has 2 heterocycles. The predicted octanol–water partition coefficient (Wildman–Crippen LogP) is 2.54. The molecule has 1 aliphatic rings. The van der Waals surface area contributed by atoms with E-state index in [2.05, 4.69) is 31.7 Å². The van der Waals surface area contributed by atoms with Crippen molar-refractivity contribution < 1.29 is 4.79 Å². The molecule has 0 radical (unpaired) electrons. The Morgan fingerprint density at radius 3 is 2.82 bits per heavy atom. The minimum Gasteiger partial charge on any atom is -0.348 e. The van der Waals surface area contributed by atoms with Gasteiger partial charge in [0.2, 0.25) is 0 Å². The molecule has 1 aromatic heterocycles. The number of carbonyl (C=O) groups excluding carboxylic acids is 1. The Morgan fingerprint density at radius 1 is 1.36 bits per heavy atom. The fourth-order valence-corrected chi connectivity index (χ4v) is 2.68. The van der Waals surface area contributed by atoms with Gasteiger partial charge in [-0.15, -0.1) is 12.4 Å². The number of rotatable bonds is 3. The molecule has 0 aliphatic carbocycles. The number of aromatic nitrogens is 2. The number of hydrogen-bond donors (Lipinski definition) is 2. The molecule has 0 unspecified atom stereocenters. The molecule has 22 heavy (non-hydrogen) atoms. The Hall–Kier alpha value is -1.37. The molecule has 1 saturated heterocycles. The summed E-state index contributed by atoms with van der Waals surface area (Å²) in [5.74, 6) is -0.0629. The third kappa shape index (κ3) is 4.09. The highest BCUT2D eigenvalue weighted by molar-refractivity contribution is 9.10. The van der Waals surface area contributed by atoms with Gasteiger partial charge >= 0.3 is 0 Å². The number of piperidine rings is 1. The maximum atomic E-state index is 12.2. The van der Waals surface area contributed by atoms with E-state index in [9.17, 15) is 4.79 Å². The SMILES string of the molecule is Cl.O=C(N[C@H]1CCCNC1)c1cnn(-c2ccc(Br)cc2)c1. The van der Waals surface area contributed by atoms with Crippen molar-refractivity contribution in [3.63, 3.8) is 0 Å². The van der Waals surface area contributed by atoms with Gasteiger partial charge < -0.3 is 10.6 Å². The first-order valence-corrected chi connectivity index (χ1v) is 7.84. The second-order valence-electron chi connectivity index (χ2n) is 5.17. The minimum atomic E-state index is -0.0629. The van der Waals surface area contributed by atoms with Gasteiger partial charge in [0.1, 0.15) is 0 Å². The summed E-state index contributed by atoms with van der Waals surface area (Å²) in [5.41, 5.74) is 1.51. The summed E-state index contributed by atoms with van der Waals surface area (Å²) in [6, 6.07) is 8.00. The normalized spacial score (nSPS) is 17.6. The van der Waals surface area contributed by atoms with Gasteiger partial charge in [-0.2, -0.15) is 5.10 Å². The third-order valence-electron chi connectivity index (χ3n) is 3.57.